The molecule has 2 aromatic carbocycles. The fourth-order valence-electron chi connectivity index (χ4n) is 3.17. The summed E-state index contributed by atoms with van der Waals surface area (Å²) in [5.41, 5.74) is 2.73. The normalized spacial score (nSPS) is 17.4. The summed E-state index contributed by atoms with van der Waals surface area (Å²) in [6.07, 6.45) is 2.14. The number of hydrogen-bond donors (Lipinski definition) is 0. The van der Waals surface area contributed by atoms with E-state index >= 15 is 0 Å². The molecular formula is C18H20BrNO2S. The lowest BCUT2D eigenvalue weighted by molar-refractivity contribution is 0.258. The van der Waals surface area contributed by atoms with E-state index in [2.05, 4.69) is 45.1 Å². The fraction of sp³-hybridized carbons (Fsp3) is 0.333. The van der Waals surface area contributed by atoms with Gasteiger partial charge in [0.15, 0.2) is 9.84 Å². The molecule has 1 aliphatic rings. The van der Waals surface area contributed by atoms with Crippen molar-refractivity contribution in [2.45, 2.75) is 23.8 Å². The van der Waals surface area contributed by atoms with E-state index in [9.17, 15) is 8.42 Å². The Balaban J connectivity index is 1.67. The number of halogens is 1. The van der Waals surface area contributed by atoms with Crippen molar-refractivity contribution in [1.82, 2.24) is 4.90 Å². The number of hydrogen-bond acceptors (Lipinski definition) is 3. The van der Waals surface area contributed by atoms with Gasteiger partial charge in [0, 0.05) is 17.1 Å². The van der Waals surface area contributed by atoms with Gasteiger partial charge < -0.3 is 0 Å². The molecule has 0 fully saturated rings. The highest BCUT2D eigenvalue weighted by molar-refractivity contribution is 9.10. The third-order valence-corrected chi connectivity index (χ3v) is 6.76. The maximum atomic E-state index is 12.5. The van der Waals surface area contributed by atoms with Gasteiger partial charge in [-0.3, -0.25) is 4.90 Å². The Morgan fingerprint density at radius 2 is 1.83 bits per heavy atom. The fourth-order valence-corrected chi connectivity index (χ4v) is 4.75. The van der Waals surface area contributed by atoms with Gasteiger partial charge in [-0.1, -0.05) is 40.2 Å². The van der Waals surface area contributed by atoms with Gasteiger partial charge in [0.05, 0.1) is 10.6 Å². The van der Waals surface area contributed by atoms with E-state index in [1.807, 2.05) is 7.05 Å². The van der Waals surface area contributed by atoms with Crippen molar-refractivity contribution in [2.75, 3.05) is 19.3 Å². The maximum absolute atomic E-state index is 12.5. The van der Waals surface area contributed by atoms with Crippen LogP contribution in [0, 0.1) is 0 Å². The lowest BCUT2D eigenvalue weighted by Gasteiger charge is -2.25. The molecule has 5 heteroatoms. The van der Waals surface area contributed by atoms with Crippen LogP contribution in [0.1, 0.15) is 23.6 Å². The largest absolute Gasteiger partial charge is 0.298 e. The van der Waals surface area contributed by atoms with E-state index in [0.717, 1.165) is 17.3 Å². The monoisotopic (exact) mass is 393 g/mol. The highest BCUT2D eigenvalue weighted by atomic mass is 79.9. The maximum Gasteiger partial charge on any atom is 0.179 e. The third-order valence-electron chi connectivity index (χ3n) is 4.52. The molecule has 0 aromatic heterocycles. The van der Waals surface area contributed by atoms with E-state index in [1.165, 1.54) is 11.1 Å². The topological polar surface area (TPSA) is 37.4 Å². The van der Waals surface area contributed by atoms with E-state index in [0.29, 0.717) is 17.5 Å². The second kappa shape index (κ2) is 6.75. The first-order chi connectivity index (χ1) is 11.0. The first-order valence-corrected chi connectivity index (χ1v) is 10.2. The SMILES string of the molecule is CN(CCS(=O)(=O)c1ccc(Br)cc1)[C@H]1CCc2ccccc21. The molecule has 0 N–H and O–H groups in total. The Bertz CT molecular complexity index is 787. The van der Waals surface area contributed by atoms with Crippen molar-refractivity contribution in [1.29, 1.82) is 0 Å². The van der Waals surface area contributed by atoms with Crippen molar-refractivity contribution in [3.63, 3.8) is 0 Å². The van der Waals surface area contributed by atoms with Crippen LogP contribution in [0.3, 0.4) is 0 Å². The summed E-state index contributed by atoms with van der Waals surface area (Å²) < 4.78 is 25.8. The summed E-state index contributed by atoms with van der Waals surface area (Å²) in [7, 11) is -1.22. The number of fused-ring (bicyclic) bond motifs is 1. The highest BCUT2D eigenvalue weighted by Crippen LogP contribution is 2.34. The molecule has 3 rings (SSSR count). The Morgan fingerprint density at radius 1 is 1.13 bits per heavy atom. The minimum Gasteiger partial charge on any atom is -0.298 e. The van der Waals surface area contributed by atoms with E-state index in [-0.39, 0.29) is 5.75 Å². The second-order valence-corrected chi connectivity index (χ2v) is 9.03. The molecule has 0 bridgehead atoms. The van der Waals surface area contributed by atoms with Gasteiger partial charge in [-0.2, -0.15) is 0 Å². The van der Waals surface area contributed by atoms with Crippen molar-refractivity contribution in [3.8, 4) is 0 Å². The molecule has 0 radical (unpaired) electrons. The molecule has 3 nitrogen and oxygen atoms in total. The van der Waals surface area contributed by atoms with Crippen LogP contribution in [0.15, 0.2) is 57.9 Å². The van der Waals surface area contributed by atoms with Crippen molar-refractivity contribution in [2.24, 2.45) is 0 Å². The standard InChI is InChI=1S/C18H20BrNO2S/c1-20(18-11-6-14-4-2-3-5-17(14)18)12-13-23(21,22)16-9-7-15(19)8-10-16/h2-5,7-10,18H,6,11-13H2,1H3/t18-/m0/s1. The second-order valence-electron chi connectivity index (χ2n) is 6.01. The summed E-state index contributed by atoms with van der Waals surface area (Å²) in [5.74, 6) is 0.143. The summed E-state index contributed by atoms with van der Waals surface area (Å²) in [6.45, 7) is 0.539. The predicted octanol–water partition coefficient (Wildman–Crippen LogP) is 3.84. The molecular weight excluding hydrogens is 374 g/mol. The van der Waals surface area contributed by atoms with Crippen LogP contribution in [0.5, 0.6) is 0 Å². The van der Waals surface area contributed by atoms with Crippen molar-refractivity contribution < 1.29 is 8.42 Å². The van der Waals surface area contributed by atoms with Gasteiger partial charge >= 0.3 is 0 Å². The molecule has 0 aliphatic heterocycles. The Kier molecular flexibility index (Phi) is 4.90. The summed E-state index contributed by atoms with van der Waals surface area (Å²) >= 11 is 3.33. The van der Waals surface area contributed by atoms with Gasteiger partial charge in [0.1, 0.15) is 0 Å². The molecule has 0 heterocycles. The third kappa shape index (κ3) is 3.67. The molecule has 1 aliphatic carbocycles. The lowest BCUT2D eigenvalue weighted by Crippen LogP contribution is -2.28. The van der Waals surface area contributed by atoms with Crippen LogP contribution in [0.4, 0.5) is 0 Å². The highest BCUT2D eigenvalue weighted by Gasteiger charge is 2.26. The van der Waals surface area contributed by atoms with Crippen LogP contribution in [-0.2, 0) is 16.3 Å². The van der Waals surface area contributed by atoms with Gasteiger partial charge in [0.2, 0.25) is 0 Å². The first-order valence-electron chi connectivity index (χ1n) is 7.74. The summed E-state index contributed by atoms with van der Waals surface area (Å²) in [6, 6.07) is 15.6. The Morgan fingerprint density at radius 3 is 2.57 bits per heavy atom. The summed E-state index contributed by atoms with van der Waals surface area (Å²) in [4.78, 5) is 2.56. The Labute approximate surface area is 146 Å². The minimum atomic E-state index is -3.24. The van der Waals surface area contributed by atoms with Crippen LogP contribution < -0.4 is 0 Å². The Hall–Kier alpha value is -1.17. The molecule has 23 heavy (non-hydrogen) atoms. The molecule has 0 saturated carbocycles. The smallest absolute Gasteiger partial charge is 0.179 e. The predicted molar refractivity (Wildman–Crippen MR) is 96.3 cm³/mol. The number of aryl methyl sites for hydroxylation is 1. The molecule has 0 saturated heterocycles. The van der Waals surface area contributed by atoms with Crippen molar-refractivity contribution in [3.05, 3.63) is 64.1 Å². The molecule has 1 atom stereocenters. The minimum absolute atomic E-state index is 0.143. The van der Waals surface area contributed by atoms with Crippen LogP contribution in [0.2, 0.25) is 0 Å². The average Bonchev–Trinajstić information content (AvgIpc) is 2.97. The summed E-state index contributed by atoms with van der Waals surface area (Å²) in [5, 5.41) is 0. The number of rotatable bonds is 5. The van der Waals surface area contributed by atoms with E-state index in [1.54, 1.807) is 24.3 Å². The van der Waals surface area contributed by atoms with Crippen LogP contribution in [0.25, 0.3) is 0 Å². The quantitative estimate of drug-likeness (QED) is 0.773. The van der Waals surface area contributed by atoms with Crippen LogP contribution in [-0.4, -0.2) is 32.7 Å². The molecule has 0 amide bonds. The zero-order valence-electron chi connectivity index (χ0n) is 13.1. The van der Waals surface area contributed by atoms with Gasteiger partial charge in [0.25, 0.3) is 0 Å². The van der Waals surface area contributed by atoms with Crippen LogP contribution >= 0.6 is 15.9 Å². The zero-order chi connectivity index (χ0) is 16.4. The number of sulfone groups is 1. The van der Waals surface area contributed by atoms with Gasteiger partial charge in [-0.05, 0) is 55.3 Å². The van der Waals surface area contributed by atoms with Crippen molar-refractivity contribution >= 4 is 25.8 Å². The zero-order valence-corrected chi connectivity index (χ0v) is 15.5. The van der Waals surface area contributed by atoms with Gasteiger partial charge in [-0.15, -0.1) is 0 Å². The molecule has 122 valence electrons. The van der Waals surface area contributed by atoms with E-state index < -0.39 is 9.84 Å². The number of nitrogens with zero attached hydrogens (tertiary/aromatic N) is 1. The molecule has 2 aromatic rings. The molecule has 0 unspecified atom stereocenters. The number of benzene rings is 2. The first kappa shape index (κ1) is 16.7. The average molecular weight is 394 g/mol. The molecule has 0 spiro atoms. The lowest BCUT2D eigenvalue weighted by atomic mass is 10.1. The van der Waals surface area contributed by atoms with E-state index in [4.69, 9.17) is 0 Å². The van der Waals surface area contributed by atoms with Gasteiger partial charge in [-0.25, -0.2) is 8.42 Å².